The van der Waals surface area contributed by atoms with Crippen LogP contribution in [0.25, 0.3) is 10.8 Å². The molecule has 3 amide bonds. The number of hydrogen-bond acceptors (Lipinski definition) is 3. The average Bonchev–Trinajstić information content (AvgIpc) is 2.98. The number of primary amides is 1. The Balaban J connectivity index is 1.83. The lowest BCUT2D eigenvalue weighted by Gasteiger charge is -2.09. The zero-order valence-electron chi connectivity index (χ0n) is 13.1. The van der Waals surface area contributed by atoms with E-state index in [1.165, 1.54) is 4.68 Å². The third-order valence-corrected chi connectivity index (χ3v) is 3.61. The molecule has 0 bridgehead atoms. The van der Waals surface area contributed by atoms with Crippen LogP contribution in [-0.2, 0) is 6.54 Å². The van der Waals surface area contributed by atoms with E-state index in [9.17, 15) is 9.59 Å². The van der Waals surface area contributed by atoms with E-state index < -0.39 is 11.9 Å². The molecule has 1 aromatic heterocycles. The molecular formula is C17H17N5O2. The number of nitrogens with two attached hydrogens (primary N) is 1. The van der Waals surface area contributed by atoms with Crippen molar-refractivity contribution in [2.45, 2.75) is 13.5 Å². The predicted octanol–water partition coefficient (Wildman–Crippen LogP) is 2.80. The van der Waals surface area contributed by atoms with Gasteiger partial charge < -0.3 is 16.4 Å². The molecule has 0 spiro atoms. The molecule has 2 aromatic carbocycles. The van der Waals surface area contributed by atoms with E-state index in [1.54, 1.807) is 6.20 Å². The average molecular weight is 323 g/mol. The van der Waals surface area contributed by atoms with Gasteiger partial charge in [-0.25, -0.2) is 4.79 Å². The lowest BCUT2D eigenvalue weighted by molar-refractivity contribution is 0.0995. The first kappa shape index (κ1) is 15.5. The van der Waals surface area contributed by atoms with E-state index in [-0.39, 0.29) is 11.4 Å². The van der Waals surface area contributed by atoms with Crippen molar-refractivity contribution in [3.8, 4) is 0 Å². The SMILES string of the molecule is CCn1cc(NC(=O)Nc2cccc3ccccc23)c(C(N)=O)n1. The molecule has 24 heavy (non-hydrogen) atoms. The Labute approximate surface area is 138 Å². The van der Waals surface area contributed by atoms with Crippen LogP contribution >= 0.6 is 0 Å². The Hall–Kier alpha value is -3.35. The minimum absolute atomic E-state index is 0.0323. The van der Waals surface area contributed by atoms with Crippen molar-refractivity contribution >= 4 is 34.1 Å². The van der Waals surface area contributed by atoms with Gasteiger partial charge in [0.15, 0.2) is 5.69 Å². The largest absolute Gasteiger partial charge is 0.364 e. The first-order valence-electron chi connectivity index (χ1n) is 7.51. The van der Waals surface area contributed by atoms with Crippen LogP contribution in [0.4, 0.5) is 16.2 Å². The Morgan fingerprint density at radius 1 is 1.08 bits per heavy atom. The molecule has 4 N–H and O–H groups in total. The van der Waals surface area contributed by atoms with Crippen LogP contribution in [0, 0.1) is 0 Å². The fraction of sp³-hybridized carbons (Fsp3) is 0.118. The maximum Gasteiger partial charge on any atom is 0.323 e. The first-order chi connectivity index (χ1) is 11.6. The molecular weight excluding hydrogens is 306 g/mol. The van der Waals surface area contributed by atoms with Gasteiger partial charge in [-0.15, -0.1) is 0 Å². The lowest BCUT2D eigenvalue weighted by Crippen LogP contribution is -2.22. The molecule has 122 valence electrons. The second kappa shape index (κ2) is 6.41. The maximum absolute atomic E-state index is 12.3. The third kappa shape index (κ3) is 3.05. The van der Waals surface area contributed by atoms with Gasteiger partial charge in [0.25, 0.3) is 5.91 Å². The fourth-order valence-electron chi connectivity index (χ4n) is 2.47. The normalized spacial score (nSPS) is 10.5. The van der Waals surface area contributed by atoms with Gasteiger partial charge in [0, 0.05) is 18.1 Å². The number of hydrogen-bond donors (Lipinski definition) is 3. The maximum atomic E-state index is 12.3. The Morgan fingerprint density at radius 3 is 2.54 bits per heavy atom. The van der Waals surface area contributed by atoms with Crippen LogP contribution in [-0.4, -0.2) is 21.7 Å². The number of carbonyl (C=O) groups is 2. The van der Waals surface area contributed by atoms with Crippen molar-refractivity contribution in [2.75, 3.05) is 10.6 Å². The molecule has 1 heterocycles. The summed E-state index contributed by atoms with van der Waals surface area (Å²) in [6, 6.07) is 12.9. The molecule has 0 aliphatic rings. The highest BCUT2D eigenvalue weighted by atomic mass is 16.2. The standard InChI is InChI=1S/C17H17N5O2/c1-2-22-10-14(15(21-22)16(18)23)20-17(24)19-13-9-5-7-11-6-3-4-8-12(11)13/h3-10H,2H2,1H3,(H2,18,23)(H2,19,20,24). The van der Waals surface area contributed by atoms with Gasteiger partial charge in [0.2, 0.25) is 0 Å². The molecule has 0 saturated carbocycles. The number of anilines is 2. The van der Waals surface area contributed by atoms with Crippen molar-refractivity contribution in [2.24, 2.45) is 5.73 Å². The number of fused-ring (bicyclic) bond motifs is 1. The quantitative estimate of drug-likeness (QED) is 0.688. The number of nitrogens with one attached hydrogen (secondary N) is 2. The van der Waals surface area contributed by atoms with Crippen molar-refractivity contribution < 1.29 is 9.59 Å². The van der Waals surface area contributed by atoms with E-state index >= 15 is 0 Å². The number of nitrogens with zero attached hydrogens (tertiary/aromatic N) is 2. The van der Waals surface area contributed by atoms with E-state index in [0.717, 1.165) is 10.8 Å². The Bertz CT molecular complexity index is 911. The number of aryl methyl sites for hydroxylation is 1. The molecule has 0 aliphatic carbocycles. The molecule has 0 radical (unpaired) electrons. The number of rotatable bonds is 4. The topological polar surface area (TPSA) is 102 Å². The van der Waals surface area contributed by atoms with Gasteiger partial charge in [-0.3, -0.25) is 9.48 Å². The molecule has 0 fully saturated rings. The summed E-state index contributed by atoms with van der Waals surface area (Å²) in [5, 5.41) is 11.4. The van der Waals surface area contributed by atoms with Gasteiger partial charge in [0.1, 0.15) is 0 Å². The van der Waals surface area contributed by atoms with Gasteiger partial charge in [0.05, 0.1) is 11.4 Å². The summed E-state index contributed by atoms with van der Waals surface area (Å²) in [6.07, 6.45) is 1.57. The van der Waals surface area contributed by atoms with Crippen molar-refractivity contribution in [1.29, 1.82) is 0 Å². The van der Waals surface area contributed by atoms with E-state index in [1.807, 2.05) is 49.4 Å². The van der Waals surface area contributed by atoms with Gasteiger partial charge in [-0.05, 0) is 18.4 Å². The molecule has 0 saturated heterocycles. The summed E-state index contributed by atoms with van der Waals surface area (Å²) >= 11 is 0. The smallest absolute Gasteiger partial charge is 0.323 e. The number of carbonyl (C=O) groups excluding carboxylic acids is 2. The zero-order valence-corrected chi connectivity index (χ0v) is 13.1. The Kier molecular flexibility index (Phi) is 4.15. The van der Waals surface area contributed by atoms with Crippen LogP contribution in [0.1, 0.15) is 17.4 Å². The van der Waals surface area contributed by atoms with Crippen molar-refractivity contribution in [3.63, 3.8) is 0 Å². The van der Waals surface area contributed by atoms with E-state index in [2.05, 4.69) is 15.7 Å². The van der Waals surface area contributed by atoms with E-state index in [4.69, 9.17) is 5.73 Å². The van der Waals surface area contributed by atoms with Crippen LogP contribution in [0.2, 0.25) is 0 Å². The summed E-state index contributed by atoms with van der Waals surface area (Å²) in [4.78, 5) is 23.7. The lowest BCUT2D eigenvalue weighted by atomic mass is 10.1. The highest BCUT2D eigenvalue weighted by Gasteiger charge is 2.16. The monoisotopic (exact) mass is 323 g/mol. The van der Waals surface area contributed by atoms with Crippen LogP contribution in [0.3, 0.4) is 0 Å². The van der Waals surface area contributed by atoms with Crippen LogP contribution in [0.5, 0.6) is 0 Å². The number of aromatic nitrogens is 2. The summed E-state index contributed by atoms with van der Waals surface area (Å²) in [5.74, 6) is -0.692. The number of urea groups is 1. The molecule has 0 aliphatic heterocycles. The highest BCUT2D eigenvalue weighted by molar-refractivity contribution is 6.08. The summed E-state index contributed by atoms with van der Waals surface area (Å²) in [5.41, 5.74) is 6.29. The zero-order chi connectivity index (χ0) is 17.1. The first-order valence-corrected chi connectivity index (χ1v) is 7.51. The highest BCUT2D eigenvalue weighted by Crippen LogP contribution is 2.23. The third-order valence-electron chi connectivity index (χ3n) is 3.61. The molecule has 0 unspecified atom stereocenters. The van der Waals surface area contributed by atoms with Crippen molar-refractivity contribution in [3.05, 3.63) is 54.4 Å². The van der Waals surface area contributed by atoms with E-state index in [0.29, 0.717) is 12.2 Å². The second-order valence-electron chi connectivity index (χ2n) is 5.22. The molecule has 3 rings (SSSR count). The van der Waals surface area contributed by atoms with Gasteiger partial charge in [-0.1, -0.05) is 36.4 Å². The molecule has 3 aromatic rings. The molecule has 7 heteroatoms. The van der Waals surface area contributed by atoms with Crippen LogP contribution in [0.15, 0.2) is 48.7 Å². The van der Waals surface area contributed by atoms with Gasteiger partial charge >= 0.3 is 6.03 Å². The number of benzene rings is 2. The second-order valence-corrected chi connectivity index (χ2v) is 5.22. The summed E-state index contributed by atoms with van der Waals surface area (Å²) in [7, 11) is 0. The minimum Gasteiger partial charge on any atom is -0.364 e. The number of amides is 3. The molecule has 0 atom stereocenters. The summed E-state index contributed by atoms with van der Waals surface area (Å²) < 4.78 is 1.54. The minimum atomic E-state index is -0.692. The molecule has 7 nitrogen and oxygen atoms in total. The Morgan fingerprint density at radius 2 is 1.79 bits per heavy atom. The van der Waals surface area contributed by atoms with Crippen molar-refractivity contribution in [1.82, 2.24) is 9.78 Å². The predicted molar refractivity (Wildman–Crippen MR) is 93.0 cm³/mol. The summed E-state index contributed by atoms with van der Waals surface area (Å²) in [6.45, 7) is 2.44. The van der Waals surface area contributed by atoms with Crippen LogP contribution < -0.4 is 16.4 Å². The van der Waals surface area contributed by atoms with Gasteiger partial charge in [-0.2, -0.15) is 5.10 Å². The fourth-order valence-corrected chi connectivity index (χ4v) is 2.47.